The molecule has 148 valence electrons. The summed E-state index contributed by atoms with van der Waals surface area (Å²) in [6.45, 7) is 5.55. The minimum absolute atomic E-state index is 0.0880. The molecular formula is C23H34N2O2. The van der Waals surface area contributed by atoms with Gasteiger partial charge in [0.05, 0.1) is 6.61 Å². The van der Waals surface area contributed by atoms with Crippen LogP contribution in [0.1, 0.15) is 56.9 Å². The molecule has 0 bridgehead atoms. The van der Waals surface area contributed by atoms with Crippen molar-refractivity contribution in [2.45, 2.75) is 69.4 Å². The van der Waals surface area contributed by atoms with E-state index in [0.29, 0.717) is 5.92 Å². The topological polar surface area (TPSA) is 33.7 Å². The van der Waals surface area contributed by atoms with Gasteiger partial charge in [-0.25, -0.2) is 0 Å². The number of nitrogens with one attached hydrogen (secondary N) is 1. The maximum atomic E-state index is 6.60. The first-order valence-corrected chi connectivity index (χ1v) is 11.2. The molecule has 27 heavy (non-hydrogen) atoms. The Bertz CT molecular complexity index is 644. The second-order valence-electron chi connectivity index (χ2n) is 9.18. The predicted octanol–water partition coefficient (Wildman–Crippen LogP) is 3.78. The molecule has 1 aromatic carbocycles. The van der Waals surface area contributed by atoms with Crippen LogP contribution in [0.25, 0.3) is 0 Å². The van der Waals surface area contributed by atoms with Crippen LogP contribution in [0.3, 0.4) is 0 Å². The Morgan fingerprint density at radius 3 is 2.63 bits per heavy atom. The molecule has 2 saturated heterocycles. The van der Waals surface area contributed by atoms with E-state index in [-0.39, 0.29) is 5.60 Å². The summed E-state index contributed by atoms with van der Waals surface area (Å²) in [5, 5.41) is 3.42. The van der Waals surface area contributed by atoms with Crippen LogP contribution in [0.2, 0.25) is 0 Å². The van der Waals surface area contributed by atoms with Gasteiger partial charge in [-0.15, -0.1) is 0 Å². The lowest BCUT2D eigenvalue weighted by molar-refractivity contribution is -0.0337. The molecule has 0 unspecified atom stereocenters. The molecule has 4 nitrogen and oxygen atoms in total. The number of ether oxygens (including phenoxy) is 2. The maximum absolute atomic E-state index is 6.60. The van der Waals surface area contributed by atoms with Gasteiger partial charge in [0.15, 0.2) is 0 Å². The number of fused-ring (bicyclic) bond motifs is 1. The van der Waals surface area contributed by atoms with Crippen LogP contribution in [-0.2, 0) is 6.42 Å². The van der Waals surface area contributed by atoms with E-state index < -0.39 is 0 Å². The molecule has 3 aliphatic heterocycles. The molecule has 4 heteroatoms. The number of hydrogen-bond acceptors (Lipinski definition) is 4. The highest BCUT2D eigenvalue weighted by atomic mass is 16.5. The lowest BCUT2D eigenvalue weighted by Gasteiger charge is -2.48. The largest absolute Gasteiger partial charge is 0.493 e. The lowest BCUT2D eigenvalue weighted by Crippen LogP contribution is -2.53. The molecular weight excluding hydrogens is 336 g/mol. The second-order valence-corrected chi connectivity index (χ2v) is 9.18. The van der Waals surface area contributed by atoms with Crippen molar-refractivity contribution in [3.05, 3.63) is 23.8 Å². The van der Waals surface area contributed by atoms with Crippen molar-refractivity contribution >= 4 is 0 Å². The molecule has 0 radical (unpaired) electrons. The van der Waals surface area contributed by atoms with E-state index in [1.807, 2.05) is 0 Å². The van der Waals surface area contributed by atoms with Gasteiger partial charge in [0.25, 0.3) is 0 Å². The van der Waals surface area contributed by atoms with Gasteiger partial charge in [-0.3, -0.25) is 0 Å². The van der Waals surface area contributed by atoms with E-state index in [2.05, 4.69) is 28.4 Å². The van der Waals surface area contributed by atoms with Gasteiger partial charge in [0, 0.05) is 19.1 Å². The van der Waals surface area contributed by atoms with Crippen LogP contribution >= 0.6 is 0 Å². The first-order chi connectivity index (χ1) is 13.3. The first-order valence-electron chi connectivity index (χ1n) is 11.2. The van der Waals surface area contributed by atoms with Gasteiger partial charge < -0.3 is 19.7 Å². The lowest BCUT2D eigenvalue weighted by atomic mass is 9.81. The van der Waals surface area contributed by atoms with Crippen molar-refractivity contribution in [1.29, 1.82) is 0 Å². The Labute approximate surface area is 163 Å². The predicted molar refractivity (Wildman–Crippen MR) is 108 cm³/mol. The number of hydrogen-bond donors (Lipinski definition) is 1. The average molecular weight is 371 g/mol. The van der Waals surface area contributed by atoms with Crippen molar-refractivity contribution in [2.75, 3.05) is 32.8 Å². The summed E-state index contributed by atoms with van der Waals surface area (Å²) >= 11 is 0. The van der Waals surface area contributed by atoms with Crippen molar-refractivity contribution in [2.24, 2.45) is 5.92 Å². The summed E-state index contributed by atoms with van der Waals surface area (Å²) in [4.78, 5) is 2.71. The van der Waals surface area contributed by atoms with E-state index in [9.17, 15) is 0 Å². The van der Waals surface area contributed by atoms with Crippen LogP contribution < -0.4 is 14.8 Å². The number of benzene rings is 1. The second kappa shape index (κ2) is 7.63. The molecule has 0 atom stereocenters. The minimum atomic E-state index is 0.0880. The third-order valence-electron chi connectivity index (χ3n) is 7.45. The highest BCUT2D eigenvalue weighted by Gasteiger charge is 2.41. The SMILES string of the molecule is c1cc2c(cc1OCC1CCNCC1)CCC1(CCN(C3CCC3)CC1)O2. The summed E-state index contributed by atoms with van der Waals surface area (Å²) < 4.78 is 12.7. The molecule has 0 aromatic heterocycles. The van der Waals surface area contributed by atoms with Crippen molar-refractivity contribution < 1.29 is 9.47 Å². The van der Waals surface area contributed by atoms with Crippen molar-refractivity contribution in [1.82, 2.24) is 10.2 Å². The normalized spacial score (nSPS) is 26.2. The zero-order valence-corrected chi connectivity index (χ0v) is 16.5. The monoisotopic (exact) mass is 370 g/mol. The van der Waals surface area contributed by atoms with Crippen LogP contribution in [0.4, 0.5) is 0 Å². The Morgan fingerprint density at radius 2 is 1.89 bits per heavy atom. The summed E-state index contributed by atoms with van der Waals surface area (Å²) in [5.41, 5.74) is 1.43. The summed E-state index contributed by atoms with van der Waals surface area (Å²) in [7, 11) is 0. The van der Waals surface area contributed by atoms with Gasteiger partial charge in [-0.05, 0) is 94.1 Å². The first kappa shape index (κ1) is 17.8. The smallest absolute Gasteiger partial charge is 0.123 e. The molecule has 1 saturated carbocycles. The minimum Gasteiger partial charge on any atom is -0.493 e. The molecule has 4 aliphatic rings. The van der Waals surface area contributed by atoms with Crippen LogP contribution in [0.15, 0.2) is 18.2 Å². The van der Waals surface area contributed by atoms with Gasteiger partial charge in [0.1, 0.15) is 17.1 Å². The number of piperidine rings is 2. The maximum Gasteiger partial charge on any atom is 0.123 e. The highest BCUT2D eigenvalue weighted by molar-refractivity contribution is 5.42. The quantitative estimate of drug-likeness (QED) is 0.875. The van der Waals surface area contributed by atoms with Crippen LogP contribution in [-0.4, -0.2) is 49.3 Å². The number of rotatable bonds is 4. The zero-order valence-electron chi connectivity index (χ0n) is 16.5. The highest BCUT2D eigenvalue weighted by Crippen LogP contribution is 2.41. The summed E-state index contributed by atoms with van der Waals surface area (Å²) in [6, 6.07) is 7.37. The van der Waals surface area contributed by atoms with E-state index >= 15 is 0 Å². The molecule has 5 rings (SSSR count). The number of likely N-dealkylation sites (tertiary alicyclic amines) is 1. The van der Waals surface area contributed by atoms with Crippen LogP contribution in [0.5, 0.6) is 11.5 Å². The Hall–Kier alpha value is -1.26. The summed E-state index contributed by atoms with van der Waals surface area (Å²) in [5.74, 6) is 2.82. The molecule has 0 amide bonds. The number of nitrogens with zero attached hydrogens (tertiary/aromatic N) is 1. The molecule has 1 N–H and O–H groups in total. The fourth-order valence-corrected chi connectivity index (χ4v) is 5.25. The fraction of sp³-hybridized carbons (Fsp3) is 0.739. The van der Waals surface area contributed by atoms with E-state index in [1.54, 1.807) is 0 Å². The average Bonchev–Trinajstić information content (AvgIpc) is 2.68. The molecule has 1 spiro atoms. The summed E-state index contributed by atoms with van der Waals surface area (Å²) in [6.07, 6.45) is 11.4. The third kappa shape index (κ3) is 3.84. The Kier molecular flexibility index (Phi) is 5.04. The molecule has 3 heterocycles. The van der Waals surface area contributed by atoms with E-state index in [1.165, 1.54) is 63.6 Å². The molecule has 1 aromatic rings. The van der Waals surface area contributed by atoms with E-state index in [4.69, 9.17) is 9.47 Å². The van der Waals surface area contributed by atoms with Crippen molar-refractivity contribution in [3.63, 3.8) is 0 Å². The zero-order chi connectivity index (χ0) is 18.1. The van der Waals surface area contributed by atoms with Gasteiger partial charge in [-0.1, -0.05) is 6.42 Å². The molecule has 3 fully saturated rings. The fourth-order valence-electron chi connectivity index (χ4n) is 5.25. The molecule has 1 aliphatic carbocycles. The van der Waals surface area contributed by atoms with Crippen LogP contribution in [0, 0.1) is 5.92 Å². The van der Waals surface area contributed by atoms with Gasteiger partial charge in [-0.2, -0.15) is 0 Å². The number of aryl methyl sites for hydroxylation is 1. The standard InChI is InChI=1S/C23H34N2O2/c1-2-20(3-1)25-14-10-23(11-15-25)9-6-19-16-21(4-5-22(19)27-23)26-17-18-7-12-24-13-8-18/h4-5,16,18,20,24H,1-3,6-15,17H2. The van der Waals surface area contributed by atoms with Crippen molar-refractivity contribution in [3.8, 4) is 11.5 Å². The Morgan fingerprint density at radius 1 is 1.07 bits per heavy atom. The van der Waals surface area contributed by atoms with E-state index in [0.717, 1.165) is 50.1 Å². The van der Waals surface area contributed by atoms with Gasteiger partial charge >= 0.3 is 0 Å². The third-order valence-corrected chi connectivity index (χ3v) is 7.45. The Balaban J connectivity index is 1.18. The van der Waals surface area contributed by atoms with Gasteiger partial charge in [0.2, 0.25) is 0 Å².